The van der Waals surface area contributed by atoms with E-state index >= 15 is 0 Å². The number of nitrogens with zero attached hydrogens (tertiary/aromatic N) is 2. The number of rotatable bonds is 8. The maximum atomic E-state index is 5.49. The lowest BCUT2D eigenvalue weighted by Gasteiger charge is -2.08. The third kappa shape index (κ3) is 6.42. The first-order valence-electron chi connectivity index (χ1n) is 6.67. The Morgan fingerprint density at radius 3 is 1.50 bits per heavy atom. The topological polar surface area (TPSA) is 44.2 Å². The first-order chi connectivity index (χ1) is 8.58. The summed E-state index contributed by atoms with van der Waals surface area (Å²) in [5.41, 5.74) is 0. The summed E-state index contributed by atoms with van der Waals surface area (Å²) >= 11 is 0. The molecule has 0 fully saturated rings. The molecule has 0 amide bonds. The van der Waals surface area contributed by atoms with Gasteiger partial charge < -0.3 is 9.47 Å². The normalized spacial score (nSPS) is 11.0. The third-order valence-corrected chi connectivity index (χ3v) is 2.51. The van der Waals surface area contributed by atoms with Gasteiger partial charge in [-0.2, -0.15) is 0 Å². The van der Waals surface area contributed by atoms with Crippen molar-refractivity contribution < 1.29 is 9.47 Å². The van der Waals surface area contributed by atoms with Gasteiger partial charge in [0.1, 0.15) is 0 Å². The molecule has 4 heteroatoms. The molecule has 1 aromatic heterocycles. The molecule has 1 rings (SSSR count). The molecule has 0 aliphatic heterocycles. The molecule has 0 saturated carbocycles. The zero-order chi connectivity index (χ0) is 13.4. The maximum Gasteiger partial charge on any atom is 0.233 e. The first-order valence-corrected chi connectivity index (χ1v) is 6.67. The fraction of sp³-hybridized carbons (Fsp3) is 0.714. The van der Waals surface area contributed by atoms with Gasteiger partial charge in [0.05, 0.1) is 13.2 Å². The van der Waals surface area contributed by atoms with Crippen LogP contribution in [0.25, 0.3) is 0 Å². The van der Waals surface area contributed by atoms with E-state index in [4.69, 9.17) is 9.47 Å². The summed E-state index contributed by atoms with van der Waals surface area (Å²) in [6.07, 6.45) is 2.04. The highest BCUT2D eigenvalue weighted by Crippen LogP contribution is 2.12. The van der Waals surface area contributed by atoms with Crippen LogP contribution in [0.5, 0.6) is 11.8 Å². The van der Waals surface area contributed by atoms with Gasteiger partial charge in [-0.25, -0.2) is 0 Å². The van der Waals surface area contributed by atoms with E-state index in [1.807, 2.05) is 0 Å². The van der Waals surface area contributed by atoms with E-state index in [2.05, 4.69) is 37.9 Å². The van der Waals surface area contributed by atoms with Gasteiger partial charge >= 0.3 is 0 Å². The molecule has 0 aliphatic rings. The van der Waals surface area contributed by atoms with Crippen molar-refractivity contribution in [3.63, 3.8) is 0 Å². The summed E-state index contributed by atoms with van der Waals surface area (Å²) in [6.45, 7) is 10.0. The highest BCUT2D eigenvalue weighted by Gasteiger charge is 2.01. The minimum atomic E-state index is 0.562. The summed E-state index contributed by atoms with van der Waals surface area (Å²) in [5.74, 6) is 2.40. The van der Waals surface area contributed by atoms with Crippen molar-refractivity contribution in [1.29, 1.82) is 0 Å². The fourth-order valence-electron chi connectivity index (χ4n) is 1.26. The monoisotopic (exact) mass is 252 g/mol. The Labute approximate surface area is 110 Å². The summed E-state index contributed by atoms with van der Waals surface area (Å²) < 4.78 is 11.0. The largest absolute Gasteiger partial charge is 0.477 e. The van der Waals surface area contributed by atoms with Gasteiger partial charge in [0.25, 0.3) is 0 Å². The number of hydrogen-bond donors (Lipinski definition) is 0. The van der Waals surface area contributed by atoms with Crippen molar-refractivity contribution in [3.05, 3.63) is 12.1 Å². The van der Waals surface area contributed by atoms with Crippen molar-refractivity contribution in [3.8, 4) is 11.8 Å². The van der Waals surface area contributed by atoms with Crippen molar-refractivity contribution >= 4 is 0 Å². The van der Waals surface area contributed by atoms with Crippen LogP contribution in [0.1, 0.15) is 40.5 Å². The lowest BCUT2D eigenvalue weighted by Crippen LogP contribution is -2.05. The summed E-state index contributed by atoms with van der Waals surface area (Å²) in [5, 5.41) is 7.95. The van der Waals surface area contributed by atoms with Crippen LogP contribution in [0.4, 0.5) is 0 Å². The molecular formula is C14H24N2O2. The molecular weight excluding hydrogens is 228 g/mol. The summed E-state index contributed by atoms with van der Waals surface area (Å²) in [6, 6.07) is 3.61. The second-order valence-corrected chi connectivity index (χ2v) is 5.27. The second-order valence-electron chi connectivity index (χ2n) is 5.27. The minimum Gasteiger partial charge on any atom is -0.477 e. The maximum absolute atomic E-state index is 5.49. The van der Waals surface area contributed by atoms with Crippen molar-refractivity contribution in [2.75, 3.05) is 13.2 Å². The Kier molecular flexibility index (Phi) is 6.47. The highest BCUT2D eigenvalue weighted by atomic mass is 16.5. The van der Waals surface area contributed by atoms with Gasteiger partial charge in [0, 0.05) is 12.1 Å². The lowest BCUT2D eigenvalue weighted by molar-refractivity contribution is 0.261. The quantitative estimate of drug-likeness (QED) is 0.712. The van der Waals surface area contributed by atoms with Crippen molar-refractivity contribution in [2.45, 2.75) is 40.5 Å². The van der Waals surface area contributed by atoms with Crippen LogP contribution in [0.3, 0.4) is 0 Å². The Bertz CT molecular complexity index is 290. The van der Waals surface area contributed by atoms with Crippen LogP contribution >= 0.6 is 0 Å². The highest BCUT2D eigenvalue weighted by molar-refractivity contribution is 5.15. The molecule has 1 heterocycles. The molecule has 1 aromatic rings. The third-order valence-electron chi connectivity index (χ3n) is 2.51. The predicted octanol–water partition coefficient (Wildman–Crippen LogP) is 3.33. The summed E-state index contributed by atoms with van der Waals surface area (Å²) in [4.78, 5) is 0. The van der Waals surface area contributed by atoms with Gasteiger partial charge in [-0.15, -0.1) is 10.2 Å². The van der Waals surface area contributed by atoms with Crippen LogP contribution in [0.15, 0.2) is 12.1 Å². The first kappa shape index (κ1) is 14.7. The van der Waals surface area contributed by atoms with Gasteiger partial charge in [-0.1, -0.05) is 27.7 Å². The number of ether oxygens (including phenoxy) is 2. The molecule has 4 nitrogen and oxygen atoms in total. The molecule has 0 N–H and O–H groups in total. The lowest BCUT2D eigenvalue weighted by atomic mass is 10.1. The Morgan fingerprint density at radius 1 is 0.833 bits per heavy atom. The Hall–Kier alpha value is -1.32. The Balaban J connectivity index is 2.28. The number of hydrogen-bond acceptors (Lipinski definition) is 4. The van der Waals surface area contributed by atoms with Gasteiger partial charge in [-0.3, -0.25) is 0 Å². The van der Waals surface area contributed by atoms with Crippen LogP contribution in [0.2, 0.25) is 0 Å². The molecule has 18 heavy (non-hydrogen) atoms. The summed E-state index contributed by atoms with van der Waals surface area (Å²) in [7, 11) is 0. The molecule has 0 bridgehead atoms. The van der Waals surface area contributed by atoms with E-state index in [1.165, 1.54) is 0 Å². The zero-order valence-electron chi connectivity index (χ0n) is 11.8. The average Bonchev–Trinajstić information content (AvgIpc) is 2.30. The van der Waals surface area contributed by atoms with Crippen LogP contribution in [-0.2, 0) is 0 Å². The standard InChI is InChI=1S/C14H24N2O2/c1-11(2)7-9-17-13-5-6-14(16-15-13)18-10-8-12(3)4/h5-6,11-12H,7-10H2,1-4H3. The molecule has 0 atom stereocenters. The molecule has 0 saturated heterocycles. The van der Waals surface area contributed by atoms with Crippen LogP contribution < -0.4 is 9.47 Å². The fourth-order valence-corrected chi connectivity index (χ4v) is 1.26. The molecule has 102 valence electrons. The SMILES string of the molecule is CC(C)CCOc1ccc(OCCC(C)C)nn1. The average molecular weight is 252 g/mol. The second kappa shape index (κ2) is 7.90. The molecule has 0 radical (unpaired) electrons. The molecule has 0 spiro atoms. The minimum absolute atomic E-state index is 0.562. The van der Waals surface area contributed by atoms with Crippen LogP contribution in [-0.4, -0.2) is 23.4 Å². The smallest absolute Gasteiger partial charge is 0.233 e. The zero-order valence-corrected chi connectivity index (χ0v) is 11.8. The van der Waals surface area contributed by atoms with E-state index in [9.17, 15) is 0 Å². The van der Waals surface area contributed by atoms with Crippen LogP contribution in [0, 0.1) is 11.8 Å². The van der Waals surface area contributed by atoms with E-state index in [0.29, 0.717) is 36.8 Å². The van der Waals surface area contributed by atoms with E-state index < -0.39 is 0 Å². The molecule has 0 unspecified atom stereocenters. The molecule has 0 aliphatic carbocycles. The van der Waals surface area contributed by atoms with E-state index in [1.54, 1.807) is 12.1 Å². The number of aromatic nitrogens is 2. The van der Waals surface area contributed by atoms with E-state index in [-0.39, 0.29) is 0 Å². The van der Waals surface area contributed by atoms with Gasteiger partial charge in [0.15, 0.2) is 0 Å². The van der Waals surface area contributed by atoms with E-state index in [0.717, 1.165) is 12.8 Å². The van der Waals surface area contributed by atoms with Crippen molar-refractivity contribution in [2.24, 2.45) is 11.8 Å². The predicted molar refractivity (Wildman–Crippen MR) is 71.9 cm³/mol. The van der Waals surface area contributed by atoms with Crippen molar-refractivity contribution in [1.82, 2.24) is 10.2 Å². The molecule has 0 aromatic carbocycles. The van der Waals surface area contributed by atoms with Gasteiger partial charge in [-0.05, 0) is 24.7 Å². The van der Waals surface area contributed by atoms with Gasteiger partial charge in [0.2, 0.25) is 11.8 Å². The Morgan fingerprint density at radius 2 is 1.22 bits per heavy atom.